The fourth-order valence-corrected chi connectivity index (χ4v) is 1.18. The summed E-state index contributed by atoms with van der Waals surface area (Å²) in [7, 11) is 0. The smallest absolute Gasteiger partial charge is 0.249 e. The Morgan fingerprint density at radius 1 is 1.06 bits per heavy atom. The molecule has 2 atom stereocenters. The van der Waals surface area contributed by atoms with Crippen molar-refractivity contribution >= 4 is 5.91 Å². The van der Waals surface area contributed by atoms with Crippen molar-refractivity contribution in [2.75, 3.05) is 13.2 Å². The Bertz CT molecular complexity index is 183. The maximum Gasteiger partial charge on any atom is 0.249 e. The summed E-state index contributed by atoms with van der Waals surface area (Å²) in [5.41, 5.74) is 4.55. The van der Waals surface area contributed by atoms with Gasteiger partial charge in [-0.25, -0.2) is 0 Å². The summed E-state index contributed by atoms with van der Waals surface area (Å²) in [6.45, 7) is 1.91. The van der Waals surface area contributed by atoms with Gasteiger partial charge in [-0.3, -0.25) is 4.79 Å². The van der Waals surface area contributed by atoms with Crippen molar-refractivity contribution in [1.82, 2.24) is 0 Å². The Kier molecular flexibility index (Phi) is 15.7. The normalized spacial score (nSPS) is 13.4. The molecule has 0 unspecified atom stereocenters. The molecule has 0 rings (SSSR count). The minimum Gasteiger partial charge on any atom is -0.396 e. The van der Waals surface area contributed by atoms with Crippen molar-refractivity contribution < 1.29 is 25.2 Å². The first kappa shape index (κ1) is 19.6. The molecule has 1 amide bonds. The van der Waals surface area contributed by atoms with Crippen molar-refractivity contribution in [3.8, 4) is 0 Å². The predicted octanol–water partition coefficient (Wildman–Crippen LogP) is -0.475. The average Bonchev–Trinajstić information content (AvgIpc) is 2.37. The van der Waals surface area contributed by atoms with Crippen LogP contribution in [-0.4, -0.2) is 51.8 Å². The lowest BCUT2D eigenvalue weighted by atomic mass is 10.1. The van der Waals surface area contributed by atoms with Gasteiger partial charge in [0.15, 0.2) is 6.10 Å². The van der Waals surface area contributed by atoms with Crippen molar-refractivity contribution in [1.29, 1.82) is 0 Å². The van der Waals surface area contributed by atoms with Gasteiger partial charge >= 0.3 is 0 Å². The summed E-state index contributed by atoms with van der Waals surface area (Å²) >= 11 is 0. The number of hydrogen-bond donors (Lipinski definition) is 5. The number of carbonyl (C=O) groups excluding carboxylic acids is 1. The van der Waals surface area contributed by atoms with E-state index in [0.29, 0.717) is 6.61 Å². The number of aliphatic hydroxyl groups is 4. The van der Waals surface area contributed by atoms with Gasteiger partial charge < -0.3 is 26.2 Å². The van der Waals surface area contributed by atoms with E-state index in [1.807, 2.05) is 0 Å². The molecule has 0 saturated heterocycles. The fraction of sp³-hybridized carbons (Fsp3) is 0.917. The molecule has 6 nitrogen and oxygen atoms in total. The lowest BCUT2D eigenvalue weighted by Crippen LogP contribution is -2.40. The van der Waals surface area contributed by atoms with Crippen LogP contribution in [0.3, 0.4) is 0 Å². The summed E-state index contributed by atoms with van der Waals surface area (Å²) in [6.07, 6.45) is 4.35. The van der Waals surface area contributed by atoms with Crippen LogP contribution in [0.4, 0.5) is 0 Å². The molecule has 18 heavy (non-hydrogen) atoms. The number of rotatable bonds is 9. The zero-order chi connectivity index (χ0) is 14.4. The van der Waals surface area contributed by atoms with Crippen LogP contribution in [0.5, 0.6) is 0 Å². The molecule has 0 aromatic heterocycles. The highest BCUT2D eigenvalue weighted by molar-refractivity contribution is 5.79. The molecule has 0 radical (unpaired) electrons. The lowest BCUT2D eigenvalue weighted by molar-refractivity contribution is -0.133. The lowest BCUT2D eigenvalue weighted by Gasteiger charge is -2.10. The molecular formula is C12H27NO5. The third-order valence-electron chi connectivity index (χ3n) is 2.35. The molecule has 0 bridgehead atoms. The number of nitrogens with two attached hydrogens (primary N) is 1. The summed E-state index contributed by atoms with van der Waals surface area (Å²) in [5.74, 6) is -1.04. The third kappa shape index (κ3) is 13.4. The molecule has 0 aliphatic heterocycles. The average molecular weight is 265 g/mol. The monoisotopic (exact) mass is 265 g/mol. The number of amides is 1. The van der Waals surface area contributed by atoms with Crippen molar-refractivity contribution in [2.45, 2.75) is 57.7 Å². The van der Waals surface area contributed by atoms with Crippen LogP contribution in [-0.2, 0) is 4.79 Å². The molecular weight excluding hydrogens is 238 g/mol. The second kappa shape index (κ2) is 14.4. The fourth-order valence-electron chi connectivity index (χ4n) is 1.18. The first-order chi connectivity index (χ1) is 8.51. The molecule has 0 aliphatic carbocycles. The standard InChI is InChI=1S/C8H18O.C4H9NO4/c1-2-3-4-5-6-7-8-9;5-4(9)3(8)2(7)1-6/h9H,2-8H2,1H3;2-3,6-8H,1H2,(H2,5,9)/t;2-,3-/m.1/s1. The maximum absolute atomic E-state index is 10.0. The number of aliphatic hydroxyl groups excluding tert-OH is 4. The van der Waals surface area contributed by atoms with Gasteiger partial charge in [0, 0.05) is 6.61 Å². The van der Waals surface area contributed by atoms with E-state index in [9.17, 15) is 4.79 Å². The minimum atomic E-state index is -1.67. The predicted molar refractivity (Wildman–Crippen MR) is 68.8 cm³/mol. The minimum absolute atomic E-state index is 0.367. The molecule has 0 spiro atoms. The quantitative estimate of drug-likeness (QED) is 0.360. The zero-order valence-corrected chi connectivity index (χ0v) is 11.1. The summed E-state index contributed by atoms with van der Waals surface area (Å²) in [6, 6.07) is 0. The van der Waals surface area contributed by atoms with Crippen LogP contribution in [0, 0.1) is 0 Å². The topological polar surface area (TPSA) is 124 Å². The van der Waals surface area contributed by atoms with Gasteiger partial charge in [-0.15, -0.1) is 0 Å². The molecule has 0 saturated carbocycles. The second-order valence-electron chi connectivity index (χ2n) is 4.09. The summed E-state index contributed by atoms with van der Waals surface area (Å²) in [4.78, 5) is 10.0. The molecule has 6 N–H and O–H groups in total. The van der Waals surface area contributed by atoms with Gasteiger partial charge in [0.1, 0.15) is 6.10 Å². The highest BCUT2D eigenvalue weighted by Gasteiger charge is 2.19. The van der Waals surface area contributed by atoms with Gasteiger partial charge in [0.25, 0.3) is 0 Å². The van der Waals surface area contributed by atoms with Crippen LogP contribution in [0.15, 0.2) is 0 Å². The number of hydrogen-bond acceptors (Lipinski definition) is 5. The molecule has 0 aromatic rings. The Morgan fingerprint density at radius 2 is 1.56 bits per heavy atom. The number of carbonyl (C=O) groups is 1. The van der Waals surface area contributed by atoms with E-state index in [1.165, 1.54) is 32.1 Å². The SMILES string of the molecule is CCCCCCCCO.NC(=O)[C@H](O)[C@H](O)CO. The molecule has 0 heterocycles. The first-order valence-electron chi connectivity index (χ1n) is 6.38. The van der Waals surface area contributed by atoms with Crippen LogP contribution < -0.4 is 5.73 Å². The van der Waals surface area contributed by atoms with Gasteiger partial charge in [-0.05, 0) is 6.42 Å². The third-order valence-corrected chi connectivity index (χ3v) is 2.35. The highest BCUT2D eigenvalue weighted by Crippen LogP contribution is 2.03. The van der Waals surface area contributed by atoms with Gasteiger partial charge in [-0.2, -0.15) is 0 Å². The van der Waals surface area contributed by atoms with Crippen LogP contribution in [0.1, 0.15) is 45.4 Å². The van der Waals surface area contributed by atoms with E-state index in [0.717, 1.165) is 6.42 Å². The van der Waals surface area contributed by atoms with Crippen LogP contribution >= 0.6 is 0 Å². The van der Waals surface area contributed by atoms with E-state index in [1.54, 1.807) is 0 Å². The van der Waals surface area contributed by atoms with E-state index in [2.05, 4.69) is 12.7 Å². The number of primary amides is 1. The molecule has 110 valence electrons. The zero-order valence-electron chi connectivity index (χ0n) is 11.1. The van der Waals surface area contributed by atoms with E-state index >= 15 is 0 Å². The second-order valence-corrected chi connectivity index (χ2v) is 4.09. The van der Waals surface area contributed by atoms with E-state index in [4.69, 9.17) is 20.4 Å². The number of unbranched alkanes of at least 4 members (excludes halogenated alkanes) is 5. The largest absolute Gasteiger partial charge is 0.396 e. The Hall–Kier alpha value is -0.690. The van der Waals surface area contributed by atoms with E-state index < -0.39 is 24.7 Å². The van der Waals surface area contributed by atoms with Gasteiger partial charge in [0.05, 0.1) is 6.61 Å². The Labute approximate surface area is 108 Å². The Balaban J connectivity index is 0. The molecule has 6 heteroatoms. The molecule has 0 aliphatic rings. The first-order valence-corrected chi connectivity index (χ1v) is 6.38. The van der Waals surface area contributed by atoms with Crippen molar-refractivity contribution in [3.05, 3.63) is 0 Å². The maximum atomic E-state index is 10.0. The van der Waals surface area contributed by atoms with E-state index in [-0.39, 0.29) is 0 Å². The van der Waals surface area contributed by atoms with Crippen LogP contribution in [0.25, 0.3) is 0 Å². The van der Waals surface area contributed by atoms with Gasteiger partial charge in [-0.1, -0.05) is 39.0 Å². The Morgan fingerprint density at radius 3 is 1.89 bits per heavy atom. The van der Waals surface area contributed by atoms with Crippen LogP contribution in [0.2, 0.25) is 0 Å². The summed E-state index contributed by atoms with van der Waals surface area (Å²) in [5, 5.41) is 33.6. The van der Waals surface area contributed by atoms with Crippen molar-refractivity contribution in [2.24, 2.45) is 5.73 Å². The molecule has 0 aromatic carbocycles. The molecule has 0 fully saturated rings. The summed E-state index contributed by atoms with van der Waals surface area (Å²) < 4.78 is 0. The highest BCUT2D eigenvalue weighted by atomic mass is 16.4. The van der Waals surface area contributed by atoms with Crippen molar-refractivity contribution in [3.63, 3.8) is 0 Å². The van der Waals surface area contributed by atoms with Gasteiger partial charge in [0.2, 0.25) is 5.91 Å².